The average Bonchev–Trinajstić information content (AvgIpc) is 2.30. The summed E-state index contributed by atoms with van der Waals surface area (Å²) in [4.78, 5) is 17.5. The van der Waals surface area contributed by atoms with Crippen LogP contribution in [0.5, 0.6) is 0 Å². The molecule has 0 aliphatic carbocycles. The summed E-state index contributed by atoms with van der Waals surface area (Å²) in [6.07, 6.45) is 3.70. The molecule has 0 amide bonds. The van der Waals surface area contributed by atoms with Crippen LogP contribution in [0.2, 0.25) is 0 Å². The average molecular weight is 254 g/mol. The van der Waals surface area contributed by atoms with Gasteiger partial charge in [0, 0.05) is 26.2 Å². The number of piperazine rings is 1. The van der Waals surface area contributed by atoms with Crippen LogP contribution in [0, 0.1) is 0 Å². The summed E-state index contributed by atoms with van der Waals surface area (Å²) in [6.45, 7) is 10.4. The van der Waals surface area contributed by atoms with Crippen molar-refractivity contribution < 1.29 is 4.79 Å². The molecule has 0 saturated carbocycles. The van der Waals surface area contributed by atoms with E-state index in [9.17, 15) is 4.79 Å². The van der Waals surface area contributed by atoms with Gasteiger partial charge in [-0.1, -0.05) is 18.7 Å². The van der Waals surface area contributed by atoms with Crippen LogP contribution in [0.15, 0.2) is 23.6 Å². The zero-order valence-electron chi connectivity index (χ0n) is 10.8. The molecule has 0 N–H and O–H groups in total. The van der Waals surface area contributed by atoms with Gasteiger partial charge in [-0.15, -0.1) is 11.8 Å². The second-order valence-corrected chi connectivity index (χ2v) is 5.64. The highest BCUT2D eigenvalue weighted by atomic mass is 32.2. The number of ketones is 1. The van der Waals surface area contributed by atoms with Crippen LogP contribution in [0.1, 0.15) is 6.92 Å². The van der Waals surface area contributed by atoms with Gasteiger partial charge in [0.15, 0.2) is 5.78 Å². The number of carbonyl (C=O) groups is 1. The van der Waals surface area contributed by atoms with Crippen molar-refractivity contribution >= 4 is 17.5 Å². The van der Waals surface area contributed by atoms with E-state index in [1.165, 1.54) is 0 Å². The van der Waals surface area contributed by atoms with Crippen LogP contribution < -0.4 is 0 Å². The van der Waals surface area contributed by atoms with Gasteiger partial charge >= 0.3 is 0 Å². The van der Waals surface area contributed by atoms with Gasteiger partial charge in [0.25, 0.3) is 0 Å². The number of thioether (sulfide) groups is 1. The molecule has 17 heavy (non-hydrogen) atoms. The molecule has 1 rings (SSSR count). The Morgan fingerprint density at radius 1 is 1.35 bits per heavy atom. The number of allylic oxidation sites excluding steroid dienone is 3. The van der Waals surface area contributed by atoms with Gasteiger partial charge in [-0.05, 0) is 18.9 Å². The lowest BCUT2D eigenvalue weighted by atomic mass is 10.3. The molecule has 0 aromatic heterocycles. The van der Waals surface area contributed by atoms with Crippen LogP contribution >= 0.6 is 11.8 Å². The van der Waals surface area contributed by atoms with Crippen LogP contribution in [0.25, 0.3) is 0 Å². The number of hydrogen-bond acceptors (Lipinski definition) is 4. The Morgan fingerprint density at radius 3 is 2.59 bits per heavy atom. The first kappa shape index (κ1) is 14.5. The van der Waals surface area contributed by atoms with Crippen molar-refractivity contribution in [1.82, 2.24) is 9.80 Å². The summed E-state index contributed by atoms with van der Waals surface area (Å²) >= 11 is 1.60. The largest absolute Gasteiger partial charge is 0.304 e. The normalized spacial score (nSPS) is 19.3. The number of hydrogen-bond donors (Lipinski definition) is 0. The topological polar surface area (TPSA) is 23.6 Å². The maximum atomic E-state index is 11.8. The Morgan fingerprint density at radius 2 is 2.00 bits per heavy atom. The van der Waals surface area contributed by atoms with Gasteiger partial charge in [0.1, 0.15) is 0 Å². The molecule has 96 valence electrons. The first-order valence-corrected chi connectivity index (χ1v) is 6.95. The van der Waals surface area contributed by atoms with Crippen LogP contribution in [0.4, 0.5) is 0 Å². The Balaban J connectivity index is 2.21. The summed E-state index contributed by atoms with van der Waals surface area (Å²) in [7, 11) is 2.12. The number of rotatable bonds is 6. The molecule has 3 nitrogen and oxygen atoms in total. The van der Waals surface area contributed by atoms with E-state index in [2.05, 4.69) is 23.4 Å². The minimum Gasteiger partial charge on any atom is -0.304 e. The predicted molar refractivity (Wildman–Crippen MR) is 75.4 cm³/mol. The summed E-state index contributed by atoms with van der Waals surface area (Å²) < 4.78 is 0. The third-order valence-corrected chi connectivity index (χ3v) is 3.87. The highest BCUT2D eigenvalue weighted by Crippen LogP contribution is 2.14. The fourth-order valence-electron chi connectivity index (χ4n) is 1.71. The second-order valence-electron chi connectivity index (χ2n) is 4.42. The molecule has 0 unspecified atom stereocenters. The van der Waals surface area contributed by atoms with Gasteiger partial charge in [-0.2, -0.15) is 0 Å². The van der Waals surface area contributed by atoms with E-state index in [1.54, 1.807) is 17.8 Å². The Labute approximate surface area is 109 Å². The van der Waals surface area contributed by atoms with E-state index in [0.717, 1.165) is 31.1 Å². The van der Waals surface area contributed by atoms with Gasteiger partial charge in [-0.25, -0.2) is 0 Å². The SMILES string of the molecule is C=C/C=C(/C)SCC(=O)CN1CCN(C)CC1. The monoisotopic (exact) mass is 254 g/mol. The first-order valence-electron chi connectivity index (χ1n) is 5.96. The second kappa shape index (κ2) is 7.69. The number of likely N-dealkylation sites (N-methyl/N-ethyl adjacent to an activating group) is 1. The lowest BCUT2D eigenvalue weighted by molar-refractivity contribution is -0.118. The summed E-state index contributed by atoms with van der Waals surface area (Å²) in [5.41, 5.74) is 0. The molecule has 0 atom stereocenters. The van der Waals surface area contributed by atoms with Crippen molar-refractivity contribution in [2.24, 2.45) is 0 Å². The number of nitrogens with zero attached hydrogens (tertiary/aromatic N) is 2. The molecular weight excluding hydrogens is 232 g/mol. The van der Waals surface area contributed by atoms with Crippen molar-refractivity contribution in [3.63, 3.8) is 0 Å². The zero-order valence-corrected chi connectivity index (χ0v) is 11.6. The third kappa shape index (κ3) is 6.05. The lowest BCUT2D eigenvalue weighted by Crippen LogP contribution is -2.46. The molecule has 1 fully saturated rings. The summed E-state index contributed by atoms with van der Waals surface area (Å²) in [5.74, 6) is 0.888. The van der Waals surface area contributed by atoms with E-state index in [0.29, 0.717) is 18.1 Å². The van der Waals surface area contributed by atoms with Crippen molar-refractivity contribution in [2.45, 2.75) is 6.92 Å². The van der Waals surface area contributed by atoms with Gasteiger partial charge < -0.3 is 4.90 Å². The minimum atomic E-state index is 0.316. The molecule has 0 aromatic rings. The van der Waals surface area contributed by atoms with E-state index in [-0.39, 0.29) is 0 Å². The van der Waals surface area contributed by atoms with Crippen LogP contribution in [-0.4, -0.2) is 61.1 Å². The van der Waals surface area contributed by atoms with Crippen LogP contribution in [-0.2, 0) is 4.79 Å². The minimum absolute atomic E-state index is 0.316. The standard InChI is InChI=1S/C13H22N2OS/c1-4-5-12(2)17-11-13(16)10-15-8-6-14(3)7-9-15/h4-5H,1,6-11H2,2-3H3/b12-5-. The number of Topliss-reactive ketones (excluding diaryl/α,β-unsaturated/α-hetero) is 1. The molecule has 1 aliphatic heterocycles. The Bertz CT molecular complexity index is 294. The molecule has 0 radical (unpaired) electrons. The Hall–Kier alpha value is -0.580. The van der Waals surface area contributed by atoms with Crippen LogP contribution in [0.3, 0.4) is 0 Å². The smallest absolute Gasteiger partial charge is 0.157 e. The fourth-order valence-corrected chi connectivity index (χ4v) is 2.38. The maximum Gasteiger partial charge on any atom is 0.157 e. The van der Waals surface area contributed by atoms with E-state index >= 15 is 0 Å². The van der Waals surface area contributed by atoms with E-state index < -0.39 is 0 Å². The molecule has 1 saturated heterocycles. The first-order chi connectivity index (χ1) is 8.11. The number of carbonyl (C=O) groups excluding carboxylic acids is 1. The predicted octanol–water partition coefficient (Wildman–Crippen LogP) is 1.63. The molecule has 0 aromatic carbocycles. The van der Waals surface area contributed by atoms with Gasteiger partial charge in [-0.3, -0.25) is 9.69 Å². The van der Waals surface area contributed by atoms with Crippen molar-refractivity contribution in [2.75, 3.05) is 45.5 Å². The maximum absolute atomic E-state index is 11.8. The van der Waals surface area contributed by atoms with Crippen molar-refractivity contribution in [3.05, 3.63) is 23.6 Å². The van der Waals surface area contributed by atoms with E-state index in [1.807, 2.05) is 13.0 Å². The summed E-state index contributed by atoms with van der Waals surface area (Å²) in [6, 6.07) is 0. The zero-order chi connectivity index (χ0) is 12.7. The third-order valence-electron chi connectivity index (χ3n) is 2.81. The molecule has 0 spiro atoms. The van der Waals surface area contributed by atoms with Crippen molar-refractivity contribution in [1.29, 1.82) is 0 Å². The highest BCUT2D eigenvalue weighted by molar-refractivity contribution is 8.03. The molecule has 1 heterocycles. The van der Waals surface area contributed by atoms with Gasteiger partial charge in [0.05, 0.1) is 12.3 Å². The molecular formula is C13H22N2OS. The summed E-state index contributed by atoms with van der Waals surface area (Å²) in [5, 5.41) is 0. The fraction of sp³-hybridized carbons (Fsp3) is 0.615. The van der Waals surface area contributed by atoms with Gasteiger partial charge in [0.2, 0.25) is 0 Å². The molecule has 4 heteroatoms. The molecule has 0 bridgehead atoms. The Kier molecular flexibility index (Phi) is 6.55. The quantitative estimate of drug-likeness (QED) is 0.672. The lowest BCUT2D eigenvalue weighted by Gasteiger charge is -2.31. The van der Waals surface area contributed by atoms with E-state index in [4.69, 9.17) is 0 Å². The highest BCUT2D eigenvalue weighted by Gasteiger charge is 2.16. The van der Waals surface area contributed by atoms with Crippen molar-refractivity contribution in [3.8, 4) is 0 Å². The molecule has 1 aliphatic rings.